The van der Waals surface area contributed by atoms with E-state index in [1.807, 2.05) is 0 Å². The monoisotopic (exact) mass is 265 g/mol. The fourth-order valence-electron chi connectivity index (χ4n) is 1.62. The number of nitrogens with one attached hydrogen (secondary N) is 1. The smallest absolute Gasteiger partial charge is 0.330 e. The van der Waals surface area contributed by atoms with Gasteiger partial charge in [-0.2, -0.15) is 5.10 Å². The second kappa shape index (κ2) is 5.10. The van der Waals surface area contributed by atoms with Crippen LogP contribution in [0.4, 0.5) is 5.69 Å². The van der Waals surface area contributed by atoms with Crippen molar-refractivity contribution in [3.63, 3.8) is 0 Å². The van der Waals surface area contributed by atoms with E-state index in [1.165, 1.54) is 6.20 Å². The molecule has 0 saturated carbocycles. The topological polar surface area (TPSA) is 67.2 Å². The number of aromatic nitrogens is 2. The summed E-state index contributed by atoms with van der Waals surface area (Å²) < 4.78 is 1.56. The van der Waals surface area contributed by atoms with E-state index in [-0.39, 0.29) is 0 Å². The minimum atomic E-state index is -0.969. The normalized spacial score (nSPS) is 12.1. The number of anilines is 1. The van der Waals surface area contributed by atoms with Crippen LogP contribution in [0.15, 0.2) is 36.7 Å². The molecule has 6 heteroatoms. The fraction of sp³-hybridized carbons (Fsp3) is 0.167. The first kappa shape index (κ1) is 12.4. The zero-order chi connectivity index (χ0) is 13.1. The fourth-order valence-corrected chi connectivity index (χ4v) is 1.81. The van der Waals surface area contributed by atoms with Gasteiger partial charge in [0.15, 0.2) is 6.04 Å². The summed E-state index contributed by atoms with van der Waals surface area (Å²) in [4.78, 5) is 11.3. The summed E-state index contributed by atoms with van der Waals surface area (Å²) in [6.07, 6.45) is 3.19. The Morgan fingerprint density at radius 2 is 2.33 bits per heavy atom. The molecule has 0 bridgehead atoms. The molecule has 0 aliphatic rings. The Bertz CT molecular complexity index is 568. The summed E-state index contributed by atoms with van der Waals surface area (Å²) in [6, 6.07) is 6.07. The molecular formula is C12H12ClN3O2. The first-order valence-corrected chi connectivity index (χ1v) is 5.67. The van der Waals surface area contributed by atoms with Gasteiger partial charge in [0.25, 0.3) is 0 Å². The maximum absolute atomic E-state index is 11.3. The van der Waals surface area contributed by atoms with Gasteiger partial charge >= 0.3 is 5.97 Å². The SMILES string of the molecule is Cn1cc(C(Nc2cccc(Cl)c2)C(=O)O)cn1. The van der Waals surface area contributed by atoms with Crippen molar-refractivity contribution in [1.82, 2.24) is 9.78 Å². The number of hydrogen-bond acceptors (Lipinski definition) is 3. The van der Waals surface area contributed by atoms with Crippen LogP contribution in [0.5, 0.6) is 0 Å². The number of halogens is 1. The lowest BCUT2D eigenvalue weighted by Crippen LogP contribution is -2.20. The highest BCUT2D eigenvalue weighted by atomic mass is 35.5. The van der Waals surface area contributed by atoms with Crippen molar-refractivity contribution in [3.8, 4) is 0 Å². The van der Waals surface area contributed by atoms with Crippen molar-refractivity contribution in [2.24, 2.45) is 7.05 Å². The van der Waals surface area contributed by atoms with Crippen LogP contribution >= 0.6 is 11.6 Å². The third-order valence-corrected chi connectivity index (χ3v) is 2.68. The van der Waals surface area contributed by atoms with Crippen LogP contribution in [0, 0.1) is 0 Å². The average Bonchev–Trinajstić information content (AvgIpc) is 2.72. The molecular weight excluding hydrogens is 254 g/mol. The lowest BCUT2D eigenvalue weighted by atomic mass is 10.1. The van der Waals surface area contributed by atoms with Gasteiger partial charge in [0, 0.05) is 29.5 Å². The van der Waals surface area contributed by atoms with Crippen LogP contribution in [0.3, 0.4) is 0 Å². The first-order valence-electron chi connectivity index (χ1n) is 5.30. The third-order valence-electron chi connectivity index (χ3n) is 2.44. The minimum absolute atomic E-state index is 0.551. The summed E-state index contributed by atoms with van der Waals surface area (Å²) in [7, 11) is 1.74. The van der Waals surface area contributed by atoms with Crippen LogP contribution in [0.2, 0.25) is 5.02 Å². The van der Waals surface area contributed by atoms with Crippen molar-refractivity contribution >= 4 is 23.3 Å². The van der Waals surface area contributed by atoms with Gasteiger partial charge in [-0.05, 0) is 18.2 Å². The third kappa shape index (κ3) is 2.81. The zero-order valence-electron chi connectivity index (χ0n) is 9.67. The zero-order valence-corrected chi connectivity index (χ0v) is 10.4. The quantitative estimate of drug-likeness (QED) is 0.890. The lowest BCUT2D eigenvalue weighted by molar-refractivity contribution is -0.138. The Morgan fingerprint density at radius 3 is 2.89 bits per heavy atom. The predicted octanol–water partition coefficient (Wildman–Crippen LogP) is 2.31. The molecule has 0 radical (unpaired) electrons. The molecule has 1 aromatic heterocycles. The molecule has 0 spiro atoms. The molecule has 5 nitrogen and oxygen atoms in total. The van der Waals surface area contributed by atoms with E-state index in [0.717, 1.165) is 0 Å². The molecule has 94 valence electrons. The highest BCUT2D eigenvalue weighted by Gasteiger charge is 2.21. The summed E-state index contributed by atoms with van der Waals surface area (Å²) in [5.41, 5.74) is 1.24. The maximum Gasteiger partial charge on any atom is 0.330 e. The summed E-state index contributed by atoms with van der Waals surface area (Å²) >= 11 is 5.85. The van der Waals surface area contributed by atoms with Crippen LogP contribution in [0.25, 0.3) is 0 Å². The number of rotatable bonds is 4. The Hall–Kier alpha value is -2.01. The van der Waals surface area contributed by atoms with E-state index in [9.17, 15) is 9.90 Å². The molecule has 2 rings (SSSR count). The van der Waals surface area contributed by atoms with E-state index in [1.54, 1.807) is 42.2 Å². The van der Waals surface area contributed by atoms with Crippen molar-refractivity contribution in [2.75, 3.05) is 5.32 Å². The van der Waals surface area contributed by atoms with Crippen molar-refractivity contribution in [1.29, 1.82) is 0 Å². The van der Waals surface area contributed by atoms with E-state index in [0.29, 0.717) is 16.3 Å². The second-order valence-corrected chi connectivity index (χ2v) is 4.31. The summed E-state index contributed by atoms with van der Waals surface area (Å²) in [6.45, 7) is 0. The number of benzene rings is 1. The largest absolute Gasteiger partial charge is 0.479 e. The molecule has 0 fully saturated rings. The number of carbonyl (C=O) groups is 1. The van der Waals surface area contributed by atoms with Crippen LogP contribution < -0.4 is 5.32 Å². The lowest BCUT2D eigenvalue weighted by Gasteiger charge is -2.14. The Balaban J connectivity index is 2.24. The average molecular weight is 266 g/mol. The van der Waals surface area contributed by atoms with Crippen molar-refractivity contribution in [3.05, 3.63) is 47.2 Å². The van der Waals surface area contributed by atoms with Gasteiger partial charge in [-0.3, -0.25) is 4.68 Å². The molecule has 1 unspecified atom stereocenters. The Kier molecular flexibility index (Phi) is 3.53. The van der Waals surface area contributed by atoms with E-state index >= 15 is 0 Å². The molecule has 1 atom stereocenters. The van der Waals surface area contributed by atoms with Crippen molar-refractivity contribution < 1.29 is 9.90 Å². The van der Waals surface area contributed by atoms with Crippen molar-refractivity contribution in [2.45, 2.75) is 6.04 Å². The standard InChI is InChI=1S/C12H12ClN3O2/c1-16-7-8(6-14-16)11(12(17)18)15-10-4-2-3-9(13)5-10/h2-7,11,15H,1H3,(H,17,18). The van der Waals surface area contributed by atoms with Gasteiger partial charge in [0.05, 0.1) is 6.20 Å². The van der Waals surface area contributed by atoms with Crippen LogP contribution in [-0.2, 0) is 11.8 Å². The number of carboxylic acids is 1. The number of hydrogen-bond donors (Lipinski definition) is 2. The van der Waals surface area contributed by atoms with Crippen LogP contribution in [-0.4, -0.2) is 20.9 Å². The highest BCUT2D eigenvalue weighted by Crippen LogP contribution is 2.21. The predicted molar refractivity (Wildman–Crippen MR) is 68.7 cm³/mol. The van der Waals surface area contributed by atoms with E-state index < -0.39 is 12.0 Å². The number of aryl methyl sites for hydroxylation is 1. The second-order valence-electron chi connectivity index (χ2n) is 3.87. The van der Waals surface area contributed by atoms with Gasteiger partial charge in [-0.25, -0.2) is 4.79 Å². The molecule has 0 aliphatic heterocycles. The summed E-state index contributed by atoms with van der Waals surface area (Å²) in [5, 5.41) is 16.7. The highest BCUT2D eigenvalue weighted by molar-refractivity contribution is 6.30. The first-order chi connectivity index (χ1) is 8.56. The Labute approximate surface area is 109 Å². The van der Waals surface area contributed by atoms with Gasteiger partial charge < -0.3 is 10.4 Å². The van der Waals surface area contributed by atoms with Gasteiger partial charge in [-0.15, -0.1) is 0 Å². The summed E-state index contributed by atoms with van der Waals surface area (Å²) in [5.74, 6) is -0.969. The molecule has 1 heterocycles. The molecule has 0 aliphatic carbocycles. The molecule has 18 heavy (non-hydrogen) atoms. The van der Waals surface area contributed by atoms with Crippen LogP contribution in [0.1, 0.15) is 11.6 Å². The number of carboxylic acid groups (broad SMARTS) is 1. The minimum Gasteiger partial charge on any atom is -0.479 e. The maximum atomic E-state index is 11.3. The molecule has 1 aromatic carbocycles. The molecule has 2 aromatic rings. The van der Waals surface area contributed by atoms with Gasteiger partial charge in [0.2, 0.25) is 0 Å². The number of nitrogens with zero attached hydrogens (tertiary/aromatic N) is 2. The number of aliphatic carboxylic acids is 1. The molecule has 0 saturated heterocycles. The van der Waals surface area contributed by atoms with Gasteiger partial charge in [-0.1, -0.05) is 17.7 Å². The Morgan fingerprint density at radius 1 is 1.56 bits per heavy atom. The molecule has 2 N–H and O–H groups in total. The van der Waals surface area contributed by atoms with E-state index in [4.69, 9.17) is 11.6 Å². The van der Waals surface area contributed by atoms with E-state index in [2.05, 4.69) is 10.4 Å². The van der Waals surface area contributed by atoms with Gasteiger partial charge in [0.1, 0.15) is 0 Å². The molecule has 0 amide bonds.